The molecule has 1 fully saturated rings. The number of carbonyl (C=O) groups excluding carboxylic acids is 2. The van der Waals surface area contributed by atoms with Gasteiger partial charge in [-0.15, -0.1) is 0 Å². The third-order valence-corrected chi connectivity index (χ3v) is 7.80. The average molecular weight is 447 g/mol. The van der Waals surface area contributed by atoms with Gasteiger partial charge in [-0.2, -0.15) is 0 Å². The minimum absolute atomic E-state index is 0.0370. The van der Waals surface area contributed by atoms with Crippen molar-refractivity contribution >= 4 is 32.6 Å². The topological polar surface area (TPSA) is 93.6 Å². The number of pyridine rings is 1. The largest absolute Gasteiger partial charge is 0.452 e. The molecule has 2 heterocycles. The summed E-state index contributed by atoms with van der Waals surface area (Å²) in [4.78, 5) is 32.1. The van der Waals surface area contributed by atoms with Gasteiger partial charge in [0.05, 0.1) is 28.3 Å². The number of ether oxygens (including phenoxy) is 1. The SMILES string of the molecule is CCc1nc2ccccc2c(C)c1C(=O)OCC(=O)N([C@@H]1CCS(=O)(=O)C1)[C@@H](C)CC. The molecule has 0 N–H and O–H groups in total. The molecule has 1 amide bonds. The van der Waals surface area contributed by atoms with Gasteiger partial charge < -0.3 is 9.64 Å². The normalized spacial score (nSPS) is 18.6. The van der Waals surface area contributed by atoms with Crippen LogP contribution in [0.25, 0.3) is 10.9 Å². The van der Waals surface area contributed by atoms with Crippen molar-refractivity contribution in [3.05, 3.63) is 41.1 Å². The quantitative estimate of drug-likeness (QED) is 0.607. The van der Waals surface area contributed by atoms with Crippen molar-refractivity contribution in [2.45, 2.75) is 59.0 Å². The minimum Gasteiger partial charge on any atom is -0.452 e. The summed E-state index contributed by atoms with van der Waals surface area (Å²) < 4.78 is 29.3. The van der Waals surface area contributed by atoms with Crippen LogP contribution in [0, 0.1) is 6.92 Å². The van der Waals surface area contributed by atoms with E-state index in [0.29, 0.717) is 30.5 Å². The van der Waals surface area contributed by atoms with Crippen LogP contribution in [0.3, 0.4) is 0 Å². The van der Waals surface area contributed by atoms with E-state index in [1.54, 1.807) is 4.90 Å². The summed E-state index contributed by atoms with van der Waals surface area (Å²) in [7, 11) is -3.14. The summed E-state index contributed by atoms with van der Waals surface area (Å²) in [5, 5.41) is 0.871. The number of nitrogens with zero attached hydrogens (tertiary/aromatic N) is 2. The zero-order valence-corrected chi connectivity index (χ0v) is 19.4. The highest BCUT2D eigenvalue weighted by atomic mass is 32.2. The van der Waals surface area contributed by atoms with Gasteiger partial charge in [0.2, 0.25) is 0 Å². The van der Waals surface area contributed by atoms with Crippen molar-refractivity contribution in [1.82, 2.24) is 9.88 Å². The third-order valence-electron chi connectivity index (χ3n) is 6.05. The maximum atomic E-state index is 13.0. The van der Waals surface area contributed by atoms with E-state index in [9.17, 15) is 18.0 Å². The van der Waals surface area contributed by atoms with Crippen molar-refractivity contribution in [1.29, 1.82) is 0 Å². The molecule has 1 aromatic carbocycles. The lowest BCUT2D eigenvalue weighted by Crippen LogP contribution is -2.48. The molecule has 1 aliphatic heterocycles. The lowest BCUT2D eigenvalue weighted by atomic mass is 10.0. The third kappa shape index (κ3) is 4.89. The Labute approximate surface area is 183 Å². The second-order valence-electron chi connectivity index (χ2n) is 8.12. The number of sulfone groups is 1. The number of amides is 1. The first kappa shape index (κ1) is 23.2. The van der Waals surface area contributed by atoms with Crippen LogP contribution in [-0.2, 0) is 25.8 Å². The van der Waals surface area contributed by atoms with Crippen LogP contribution < -0.4 is 0 Å². The van der Waals surface area contributed by atoms with Gasteiger partial charge in [0.1, 0.15) is 0 Å². The molecular formula is C23H30N2O5S. The first-order valence-corrected chi connectivity index (χ1v) is 12.6. The van der Waals surface area contributed by atoms with Gasteiger partial charge in [-0.3, -0.25) is 9.78 Å². The summed E-state index contributed by atoms with van der Waals surface area (Å²) in [5.41, 5.74) is 2.62. The summed E-state index contributed by atoms with van der Waals surface area (Å²) in [6, 6.07) is 7.09. The highest BCUT2D eigenvalue weighted by Gasteiger charge is 2.37. The molecule has 0 saturated carbocycles. The van der Waals surface area contributed by atoms with Gasteiger partial charge >= 0.3 is 5.97 Å². The van der Waals surface area contributed by atoms with Crippen molar-refractivity contribution in [2.24, 2.45) is 0 Å². The predicted molar refractivity (Wildman–Crippen MR) is 120 cm³/mol. The Balaban J connectivity index is 1.80. The zero-order valence-electron chi connectivity index (χ0n) is 18.6. The van der Waals surface area contributed by atoms with Gasteiger partial charge in [0.15, 0.2) is 16.4 Å². The van der Waals surface area contributed by atoms with Crippen LogP contribution in [0.15, 0.2) is 24.3 Å². The second kappa shape index (κ2) is 9.34. The lowest BCUT2D eigenvalue weighted by molar-refractivity contribution is -0.138. The van der Waals surface area contributed by atoms with Gasteiger partial charge in [-0.25, -0.2) is 13.2 Å². The fourth-order valence-corrected chi connectivity index (χ4v) is 5.95. The van der Waals surface area contributed by atoms with E-state index in [2.05, 4.69) is 4.98 Å². The van der Waals surface area contributed by atoms with E-state index in [4.69, 9.17) is 4.74 Å². The predicted octanol–water partition coefficient (Wildman–Crippen LogP) is 3.08. The molecule has 168 valence electrons. The van der Waals surface area contributed by atoms with E-state index >= 15 is 0 Å². The van der Waals surface area contributed by atoms with E-state index in [-0.39, 0.29) is 29.5 Å². The fraction of sp³-hybridized carbons (Fsp3) is 0.522. The van der Waals surface area contributed by atoms with Crippen LogP contribution in [-0.4, -0.2) is 60.4 Å². The fourth-order valence-electron chi connectivity index (χ4n) is 4.24. The number of aromatic nitrogens is 1. The molecule has 0 unspecified atom stereocenters. The van der Waals surface area contributed by atoms with Crippen molar-refractivity contribution in [2.75, 3.05) is 18.1 Å². The molecule has 1 aliphatic rings. The highest BCUT2D eigenvalue weighted by molar-refractivity contribution is 7.91. The lowest BCUT2D eigenvalue weighted by Gasteiger charge is -2.33. The van der Waals surface area contributed by atoms with Gasteiger partial charge in [-0.05, 0) is 44.7 Å². The Bertz CT molecular complexity index is 1100. The monoisotopic (exact) mass is 446 g/mol. The Hall–Kier alpha value is -2.48. The molecule has 8 heteroatoms. The summed E-state index contributed by atoms with van der Waals surface area (Å²) in [6.45, 7) is 7.19. The molecule has 0 bridgehead atoms. The number of rotatable bonds is 7. The number of hydrogen-bond donors (Lipinski definition) is 0. The van der Waals surface area contributed by atoms with Crippen LogP contribution in [0.1, 0.15) is 55.2 Å². The summed E-state index contributed by atoms with van der Waals surface area (Å²) in [6.07, 6.45) is 1.66. The van der Waals surface area contributed by atoms with Gasteiger partial charge in [0.25, 0.3) is 5.91 Å². The first-order chi connectivity index (χ1) is 14.7. The van der Waals surface area contributed by atoms with Crippen LogP contribution in [0.2, 0.25) is 0 Å². The molecule has 0 spiro atoms. The van der Waals surface area contributed by atoms with Crippen molar-refractivity contribution in [3.8, 4) is 0 Å². The number of para-hydroxylation sites is 1. The van der Waals surface area contributed by atoms with Crippen molar-refractivity contribution < 1.29 is 22.7 Å². The van der Waals surface area contributed by atoms with Crippen molar-refractivity contribution in [3.63, 3.8) is 0 Å². The molecule has 7 nitrogen and oxygen atoms in total. The van der Waals surface area contributed by atoms with E-state index < -0.39 is 22.4 Å². The van der Waals surface area contributed by atoms with E-state index in [1.165, 1.54) is 0 Å². The van der Waals surface area contributed by atoms with Gasteiger partial charge in [0, 0.05) is 17.5 Å². The zero-order chi connectivity index (χ0) is 22.8. The first-order valence-electron chi connectivity index (χ1n) is 10.7. The Morgan fingerprint density at radius 1 is 1.26 bits per heavy atom. The molecule has 2 atom stereocenters. The summed E-state index contributed by atoms with van der Waals surface area (Å²) >= 11 is 0. The second-order valence-corrected chi connectivity index (χ2v) is 10.3. The van der Waals surface area contributed by atoms with Crippen LogP contribution in [0.4, 0.5) is 0 Å². The maximum Gasteiger partial charge on any atom is 0.340 e. The number of carbonyl (C=O) groups is 2. The number of aryl methyl sites for hydroxylation is 2. The summed E-state index contributed by atoms with van der Waals surface area (Å²) in [5.74, 6) is -0.900. The van der Waals surface area contributed by atoms with Crippen LogP contribution in [0.5, 0.6) is 0 Å². The molecule has 0 radical (unpaired) electrons. The number of fused-ring (bicyclic) bond motifs is 1. The number of hydrogen-bond acceptors (Lipinski definition) is 6. The van der Waals surface area contributed by atoms with E-state index in [0.717, 1.165) is 16.5 Å². The van der Waals surface area contributed by atoms with Gasteiger partial charge in [-0.1, -0.05) is 32.0 Å². The smallest absolute Gasteiger partial charge is 0.340 e. The van der Waals surface area contributed by atoms with Crippen LogP contribution >= 0.6 is 0 Å². The maximum absolute atomic E-state index is 13.0. The molecule has 2 aromatic rings. The Kier molecular flexibility index (Phi) is 6.99. The Morgan fingerprint density at radius 2 is 1.97 bits per heavy atom. The molecule has 1 aromatic heterocycles. The molecular weight excluding hydrogens is 416 g/mol. The number of esters is 1. The number of benzene rings is 1. The Morgan fingerprint density at radius 3 is 2.58 bits per heavy atom. The minimum atomic E-state index is -3.14. The molecule has 3 rings (SSSR count). The molecule has 31 heavy (non-hydrogen) atoms. The highest BCUT2D eigenvalue weighted by Crippen LogP contribution is 2.25. The van der Waals surface area contributed by atoms with E-state index in [1.807, 2.05) is 52.0 Å². The average Bonchev–Trinajstić information content (AvgIpc) is 3.10. The molecule has 1 saturated heterocycles. The standard InChI is InChI=1S/C23H30N2O5S/c1-5-15(3)25(17-11-12-31(28,29)14-17)21(26)13-30-23(27)22-16(4)18-9-7-8-10-20(18)24-19(22)6-2/h7-10,15,17H,5-6,11-14H2,1-4H3/t15-,17+/m0/s1. The molecule has 0 aliphatic carbocycles.